The minimum atomic E-state index is -3.53. The van der Waals surface area contributed by atoms with E-state index >= 15 is 0 Å². The van der Waals surface area contributed by atoms with Crippen molar-refractivity contribution in [2.24, 2.45) is 0 Å². The highest BCUT2D eigenvalue weighted by Crippen LogP contribution is 2.27. The molecular formula is C12H17N3O3S2. The molecule has 0 radical (unpaired) electrons. The van der Waals surface area contributed by atoms with Crippen molar-refractivity contribution in [1.29, 1.82) is 0 Å². The first kappa shape index (κ1) is 15.1. The number of aryl methyl sites for hydroxylation is 3. The second-order valence-electron chi connectivity index (χ2n) is 4.50. The first-order valence-electron chi connectivity index (χ1n) is 6.19. The minimum Gasteiger partial charge on any atom is -0.338 e. The van der Waals surface area contributed by atoms with Crippen LogP contribution in [0.15, 0.2) is 15.5 Å². The summed E-state index contributed by atoms with van der Waals surface area (Å²) in [5.74, 6) is 0.880. The second-order valence-corrected chi connectivity index (χ2v) is 7.97. The summed E-state index contributed by atoms with van der Waals surface area (Å²) < 4.78 is 31.2. The third-order valence-electron chi connectivity index (χ3n) is 2.87. The van der Waals surface area contributed by atoms with Crippen LogP contribution < -0.4 is 0 Å². The number of rotatable bonds is 5. The Balaban J connectivity index is 2.23. The van der Waals surface area contributed by atoms with E-state index in [9.17, 15) is 8.42 Å². The summed E-state index contributed by atoms with van der Waals surface area (Å²) in [6.07, 6.45) is 0.656. The molecule has 8 heteroatoms. The highest BCUT2D eigenvalue weighted by atomic mass is 32.2. The molecule has 0 N–H and O–H groups in total. The summed E-state index contributed by atoms with van der Waals surface area (Å²) in [4.78, 5) is 6.23. The van der Waals surface area contributed by atoms with Crippen molar-refractivity contribution in [2.75, 3.05) is 7.05 Å². The number of sulfonamides is 1. The average molecular weight is 315 g/mol. The standard InChI is InChI=1S/C12H17N3O3S2/c1-5-11-13-12(18-14-11)7-15(4)20(16,17)10-6-8(2)19-9(10)3/h6H,5,7H2,1-4H3. The van der Waals surface area contributed by atoms with Crippen molar-refractivity contribution in [3.05, 3.63) is 27.5 Å². The van der Waals surface area contributed by atoms with E-state index < -0.39 is 10.0 Å². The zero-order valence-corrected chi connectivity index (χ0v) is 13.5. The van der Waals surface area contributed by atoms with Crippen LogP contribution in [-0.4, -0.2) is 29.9 Å². The molecule has 0 atom stereocenters. The van der Waals surface area contributed by atoms with Gasteiger partial charge in [-0.25, -0.2) is 8.42 Å². The highest BCUT2D eigenvalue weighted by molar-refractivity contribution is 7.89. The molecule has 0 saturated heterocycles. The lowest BCUT2D eigenvalue weighted by Crippen LogP contribution is -2.26. The van der Waals surface area contributed by atoms with Crippen LogP contribution in [0.25, 0.3) is 0 Å². The Morgan fingerprint density at radius 3 is 2.60 bits per heavy atom. The Bertz CT molecular complexity index is 703. The molecule has 0 spiro atoms. The fourth-order valence-electron chi connectivity index (χ4n) is 1.80. The molecule has 0 amide bonds. The highest BCUT2D eigenvalue weighted by Gasteiger charge is 2.26. The smallest absolute Gasteiger partial charge is 0.244 e. The molecule has 2 rings (SSSR count). The Morgan fingerprint density at radius 2 is 2.10 bits per heavy atom. The largest absolute Gasteiger partial charge is 0.338 e. The predicted octanol–water partition coefficient (Wildman–Crippen LogP) is 2.13. The molecule has 0 aliphatic heterocycles. The third-order valence-corrected chi connectivity index (χ3v) is 5.89. The van der Waals surface area contributed by atoms with Crippen LogP contribution in [0.3, 0.4) is 0 Å². The van der Waals surface area contributed by atoms with Crippen LogP contribution in [0.2, 0.25) is 0 Å². The molecule has 110 valence electrons. The summed E-state index contributed by atoms with van der Waals surface area (Å²) in [5.41, 5.74) is 0. The molecular weight excluding hydrogens is 298 g/mol. The van der Waals surface area contributed by atoms with Gasteiger partial charge in [-0.1, -0.05) is 12.1 Å². The lowest BCUT2D eigenvalue weighted by atomic mass is 10.4. The predicted molar refractivity (Wildman–Crippen MR) is 76.1 cm³/mol. The Labute approximate surface area is 122 Å². The van der Waals surface area contributed by atoms with Gasteiger partial charge in [-0.2, -0.15) is 9.29 Å². The number of hydrogen-bond acceptors (Lipinski definition) is 6. The fourth-order valence-corrected chi connectivity index (χ4v) is 4.44. The van der Waals surface area contributed by atoms with E-state index in [1.807, 2.05) is 13.8 Å². The molecule has 2 heterocycles. The molecule has 2 aromatic heterocycles. The monoisotopic (exact) mass is 315 g/mol. The number of hydrogen-bond donors (Lipinski definition) is 0. The SMILES string of the molecule is CCc1noc(CN(C)S(=O)(=O)c2cc(C)sc2C)n1. The molecule has 0 aliphatic carbocycles. The summed E-state index contributed by atoms with van der Waals surface area (Å²) in [6.45, 7) is 5.68. The first-order chi connectivity index (χ1) is 9.34. The maximum Gasteiger partial charge on any atom is 0.244 e. The van der Waals surface area contributed by atoms with Crippen molar-refractivity contribution in [2.45, 2.75) is 38.6 Å². The first-order valence-corrected chi connectivity index (χ1v) is 8.45. The Hall–Kier alpha value is -1.25. The van der Waals surface area contributed by atoms with E-state index in [-0.39, 0.29) is 6.54 Å². The van der Waals surface area contributed by atoms with Gasteiger partial charge in [0.15, 0.2) is 5.82 Å². The van der Waals surface area contributed by atoms with Gasteiger partial charge in [0.25, 0.3) is 0 Å². The van der Waals surface area contributed by atoms with Crippen molar-refractivity contribution in [3.63, 3.8) is 0 Å². The second kappa shape index (κ2) is 5.63. The van der Waals surface area contributed by atoms with Gasteiger partial charge in [0.2, 0.25) is 15.9 Å². The molecule has 0 fully saturated rings. The van der Waals surface area contributed by atoms with Gasteiger partial charge in [0.1, 0.15) is 0 Å². The number of nitrogens with zero attached hydrogens (tertiary/aromatic N) is 3. The van der Waals surface area contributed by atoms with Crippen LogP contribution in [0.1, 0.15) is 28.4 Å². The van der Waals surface area contributed by atoms with Crippen LogP contribution in [0.5, 0.6) is 0 Å². The van der Waals surface area contributed by atoms with Gasteiger partial charge in [-0.05, 0) is 19.9 Å². The molecule has 0 aromatic carbocycles. The normalized spacial score (nSPS) is 12.2. The topological polar surface area (TPSA) is 76.3 Å². The van der Waals surface area contributed by atoms with Crippen molar-refractivity contribution in [3.8, 4) is 0 Å². The minimum absolute atomic E-state index is 0.0731. The Kier molecular flexibility index (Phi) is 4.26. The van der Waals surface area contributed by atoms with Gasteiger partial charge >= 0.3 is 0 Å². The van der Waals surface area contributed by atoms with Gasteiger partial charge in [0.05, 0.1) is 11.4 Å². The van der Waals surface area contributed by atoms with Crippen molar-refractivity contribution in [1.82, 2.24) is 14.4 Å². The van der Waals surface area contributed by atoms with Gasteiger partial charge < -0.3 is 4.52 Å². The molecule has 2 aromatic rings. The van der Waals surface area contributed by atoms with Crippen molar-refractivity contribution >= 4 is 21.4 Å². The summed E-state index contributed by atoms with van der Waals surface area (Å²) in [7, 11) is -2.02. The van der Waals surface area contributed by atoms with Gasteiger partial charge in [-0.3, -0.25) is 0 Å². The van der Waals surface area contributed by atoms with E-state index in [4.69, 9.17) is 4.52 Å². The summed E-state index contributed by atoms with van der Waals surface area (Å²) in [5, 5.41) is 3.76. The molecule has 0 aliphatic rings. The van der Waals surface area contributed by atoms with E-state index in [2.05, 4.69) is 10.1 Å². The van der Waals surface area contributed by atoms with Crippen LogP contribution in [0.4, 0.5) is 0 Å². The quantitative estimate of drug-likeness (QED) is 0.845. The van der Waals surface area contributed by atoms with Crippen LogP contribution in [0, 0.1) is 13.8 Å². The molecule has 0 unspecified atom stereocenters. The lowest BCUT2D eigenvalue weighted by molar-refractivity contribution is 0.334. The zero-order valence-electron chi connectivity index (χ0n) is 11.9. The summed E-state index contributed by atoms with van der Waals surface area (Å²) >= 11 is 1.47. The van der Waals surface area contributed by atoms with Gasteiger partial charge in [0, 0.05) is 23.2 Å². The molecule has 0 saturated carbocycles. The molecule has 0 bridgehead atoms. The molecule has 6 nitrogen and oxygen atoms in total. The maximum atomic E-state index is 12.5. The number of thiophene rings is 1. The summed E-state index contributed by atoms with van der Waals surface area (Å²) in [6, 6.07) is 1.69. The van der Waals surface area contributed by atoms with Gasteiger partial charge in [-0.15, -0.1) is 11.3 Å². The lowest BCUT2D eigenvalue weighted by Gasteiger charge is -2.14. The fraction of sp³-hybridized carbons (Fsp3) is 0.500. The van der Waals surface area contributed by atoms with Crippen LogP contribution in [-0.2, 0) is 23.0 Å². The van der Waals surface area contributed by atoms with E-state index in [0.717, 1.165) is 9.75 Å². The number of aromatic nitrogens is 2. The van der Waals surface area contributed by atoms with E-state index in [0.29, 0.717) is 23.0 Å². The van der Waals surface area contributed by atoms with E-state index in [1.165, 1.54) is 22.7 Å². The Morgan fingerprint density at radius 1 is 1.40 bits per heavy atom. The third kappa shape index (κ3) is 2.92. The zero-order chi connectivity index (χ0) is 14.9. The maximum absolute atomic E-state index is 12.5. The van der Waals surface area contributed by atoms with Crippen molar-refractivity contribution < 1.29 is 12.9 Å². The molecule has 20 heavy (non-hydrogen) atoms. The van der Waals surface area contributed by atoms with Crippen LogP contribution >= 0.6 is 11.3 Å². The van der Waals surface area contributed by atoms with E-state index in [1.54, 1.807) is 13.0 Å². The average Bonchev–Trinajstić information content (AvgIpc) is 2.95.